The maximum absolute atomic E-state index is 13.1. The highest BCUT2D eigenvalue weighted by atomic mass is 32.2. The summed E-state index contributed by atoms with van der Waals surface area (Å²) in [6.45, 7) is 6.72. The molecule has 2 aromatic carbocycles. The molecular weight excluding hydrogens is 398 g/mol. The van der Waals surface area contributed by atoms with Crippen LogP contribution >= 0.6 is 0 Å². The summed E-state index contributed by atoms with van der Waals surface area (Å²) >= 11 is 0. The molecule has 1 aromatic heterocycles. The van der Waals surface area contributed by atoms with Gasteiger partial charge in [0.25, 0.3) is 0 Å². The Kier molecular flexibility index (Phi) is 6.63. The van der Waals surface area contributed by atoms with E-state index in [1.165, 1.54) is 0 Å². The molecule has 0 saturated carbocycles. The van der Waals surface area contributed by atoms with Gasteiger partial charge < -0.3 is 4.74 Å². The summed E-state index contributed by atoms with van der Waals surface area (Å²) in [5.74, 6) is 0.757. The second kappa shape index (κ2) is 9.02. The molecule has 0 fully saturated rings. The van der Waals surface area contributed by atoms with Crippen molar-refractivity contribution in [2.75, 3.05) is 13.7 Å². The number of hydrogen-bond donors (Lipinski definition) is 1. The van der Waals surface area contributed by atoms with Gasteiger partial charge in [-0.25, -0.2) is 13.1 Å². The van der Waals surface area contributed by atoms with Gasteiger partial charge in [0.2, 0.25) is 10.0 Å². The molecule has 0 radical (unpaired) electrons. The van der Waals surface area contributed by atoms with Gasteiger partial charge in [0.15, 0.2) is 0 Å². The van der Waals surface area contributed by atoms with Crippen LogP contribution in [-0.2, 0) is 28.4 Å². The van der Waals surface area contributed by atoms with E-state index in [0.29, 0.717) is 25.2 Å². The predicted octanol–water partition coefficient (Wildman–Crippen LogP) is 3.76. The Morgan fingerprint density at radius 1 is 1.03 bits per heavy atom. The molecule has 7 heteroatoms. The zero-order valence-electron chi connectivity index (χ0n) is 17.9. The van der Waals surface area contributed by atoms with Gasteiger partial charge in [-0.15, -0.1) is 0 Å². The van der Waals surface area contributed by atoms with Crippen LogP contribution in [0.25, 0.3) is 0 Å². The maximum atomic E-state index is 13.1. The lowest BCUT2D eigenvalue weighted by Gasteiger charge is -2.17. The van der Waals surface area contributed by atoms with Gasteiger partial charge in [-0.3, -0.25) is 4.68 Å². The minimum Gasteiger partial charge on any atom is -0.497 e. The smallest absolute Gasteiger partial charge is 0.244 e. The number of rotatable bonds is 8. The van der Waals surface area contributed by atoms with Crippen molar-refractivity contribution in [2.24, 2.45) is 0 Å². The van der Waals surface area contributed by atoms with Crippen LogP contribution in [0.3, 0.4) is 0 Å². The molecule has 0 aliphatic carbocycles. The van der Waals surface area contributed by atoms with E-state index in [-0.39, 0.29) is 4.90 Å². The SMILES string of the molecule is COc1cccc(CCNS(=O)(=O)c2cn(Cc3ccccc3)nc2C(C)(C)C)c1. The highest BCUT2D eigenvalue weighted by Gasteiger charge is 2.29. The zero-order chi connectivity index (χ0) is 21.8. The average molecular weight is 428 g/mol. The summed E-state index contributed by atoms with van der Waals surface area (Å²) in [4.78, 5) is 0.233. The third-order valence-corrected chi connectivity index (χ3v) is 6.22. The second-order valence-electron chi connectivity index (χ2n) is 8.27. The Morgan fingerprint density at radius 2 is 1.73 bits per heavy atom. The van der Waals surface area contributed by atoms with Crippen LogP contribution in [0, 0.1) is 0 Å². The van der Waals surface area contributed by atoms with E-state index in [0.717, 1.165) is 16.9 Å². The number of nitrogens with zero attached hydrogens (tertiary/aromatic N) is 2. The fraction of sp³-hybridized carbons (Fsp3) is 0.348. The summed E-state index contributed by atoms with van der Waals surface area (Å²) in [5, 5.41) is 4.61. The van der Waals surface area contributed by atoms with Gasteiger partial charge in [-0.1, -0.05) is 63.2 Å². The quantitative estimate of drug-likeness (QED) is 0.594. The van der Waals surface area contributed by atoms with E-state index in [1.54, 1.807) is 18.0 Å². The molecule has 0 aliphatic rings. The van der Waals surface area contributed by atoms with E-state index in [4.69, 9.17) is 4.74 Å². The number of hydrogen-bond acceptors (Lipinski definition) is 4. The van der Waals surface area contributed by atoms with E-state index in [2.05, 4.69) is 9.82 Å². The molecule has 1 heterocycles. The summed E-state index contributed by atoms with van der Waals surface area (Å²) in [5.41, 5.74) is 2.23. The fourth-order valence-electron chi connectivity index (χ4n) is 3.21. The van der Waals surface area contributed by atoms with Gasteiger partial charge in [-0.2, -0.15) is 5.10 Å². The van der Waals surface area contributed by atoms with Crippen LogP contribution in [0.4, 0.5) is 0 Å². The molecule has 0 spiro atoms. The minimum atomic E-state index is -3.70. The predicted molar refractivity (Wildman–Crippen MR) is 118 cm³/mol. The van der Waals surface area contributed by atoms with Crippen LogP contribution in [0.15, 0.2) is 65.7 Å². The van der Waals surface area contributed by atoms with Crippen LogP contribution in [-0.4, -0.2) is 31.9 Å². The summed E-state index contributed by atoms with van der Waals surface area (Å²) < 4.78 is 35.8. The van der Waals surface area contributed by atoms with E-state index < -0.39 is 15.4 Å². The third kappa shape index (κ3) is 5.49. The topological polar surface area (TPSA) is 73.2 Å². The summed E-state index contributed by atoms with van der Waals surface area (Å²) in [7, 11) is -2.08. The summed E-state index contributed by atoms with van der Waals surface area (Å²) in [6.07, 6.45) is 2.20. The van der Waals surface area contributed by atoms with Gasteiger partial charge in [0.1, 0.15) is 10.6 Å². The van der Waals surface area contributed by atoms with Crippen molar-refractivity contribution in [1.29, 1.82) is 0 Å². The average Bonchev–Trinajstić information content (AvgIpc) is 3.14. The van der Waals surface area contributed by atoms with E-state index in [1.807, 2.05) is 75.4 Å². The number of aromatic nitrogens is 2. The van der Waals surface area contributed by atoms with Crippen molar-refractivity contribution in [3.05, 3.63) is 77.6 Å². The number of sulfonamides is 1. The number of ether oxygens (including phenoxy) is 1. The normalized spacial score (nSPS) is 12.1. The third-order valence-electron chi connectivity index (χ3n) is 4.76. The van der Waals surface area contributed by atoms with Crippen LogP contribution < -0.4 is 9.46 Å². The van der Waals surface area contributed by atoms with Crippen LogP contribution in [0.1, 0.15) is 37.6 Å². The number of benzene rings is 2. The van der Waals surface area contributed by atoms with Crippen molar-refractivity contribution < 1.29 is 13.2 Å². The molecule has 1 N–H and O–H groups in total. The number of nitrogens with one attached hydrogen (secondary N) is 1. The molecule has 0 bridgehead atoms. The molecular formula is C23H29N3O3S. The molecule has 160 valence electrons. The maximum Gasteiger partial charge on any atom is 0.244 e. The molecule has 0 saturated heterocycles. The van der Waals surface area contributed by atoms with Crippen LogP contribution in [0.2, 0.25) is 0 Å². The Balaban J connectivity index is 1.79. The molecule has 0 atom stereocenters. The van der Waals surface area contributed by atoms with Crippen LogP contribution in [0.5, 0.6) is 5.75 Å². The first-order chi connectivity index (χ1) is 14.2. The second-order valence-corrected chi connectivity index (χ2v) is 10.0. The zero-order valence-corrected chi connectivity index (χ0v) is 18.7. The Morgan fingerprint density at radius 3 is 2.40 bits per heavy atom. The van der Waals surface area contributed by atoms with Crippen molar-refractivity contribution in [3.8, 4) is 5.75 Å². The Hall–Kier alpha value is -2.64. The Labute approximate surface area is 178 Å². The highest BCUT2D eigenvalue weighted by Crippen LogP contribution is 2.28. The van der Waals surface area contributed by atoms with E-state index in [9.17, 15) is 8.42 Å². The molecule has 0 aliphatic heterocycles. The van der Waals surface area contributed by atoms with Crippen molar-refractivity contribution >= 4 is 10.0 Å². The molecule has 30 heavy (non-hydrogen) atoms. The molecule has 6 nitrogen and oxygen atoms in total. The van der Waals surface area contributed by atoms with Crippen molar-refractivity contribution in [2.45, 2.75) is 44.0 Å². The number of methoxy groups -OCH3 is 1. The van der Waals surface area contributed by atoms with Gasteiger partial charge in [-0.05, 0) is 29.7 Å². The minimum absolute atomic E-state index is 0.233. The molecule has 0 amide bonds. The van der Waals surface area contributed by atoms with Gasteiger partial charge >= 0.3 is 0 Å². The molecule has 0 unspecified atom stereocenters. The van der Waals surface area contributed by atoms with E-state index >= 15 is 0 Å². The first-order valence-corrected chi connectivity index (χ1v) is 11.4. The first-order valence-electron chi connectivity index (χ1n) is 9.93. The molecule has 3 aromatic rings. The monoisotopic (exact) mass is 427 g/mol. The van der Waals surface area contributed by atoms with Gasteiger partial charge in [0, 0.05) is 18.2 Å². The standard InChI is InChI=1S/C23H29N3O3S/c1-23(2,3)22-21(17-26(25-22)16-19-9-6-5-7-10-19)30(27,28)24-14-13-18-11-8-12-20(15-18)29-4/h5-12,15,17,24H,13-14,16H2,1-4H3. The highest BCUT2D eigenvalue weighted by molar-refractivity contribution is 7.89. The summed E-state index contributed by atoms with van der Waals surface area (Å²) in [6, 6.07) is 17.5. The Bertz CT molecular complexity index is 1080. The van der Waals surface area contributed by atoms with Gasteiger partial charge in [0.05, 0.1) is 19.3 Å². The lowest BCUT2D eigenvalue weighted by Crippen LogP contribution is -2.28. The largest absolute Gasteiger partial charge is 0.497 e. The fourth-order valence-corrected chi connectivity index (χ4v) is 4.59. The lowest BCUT2D eigenvalue weighted by molar-refractivity contribution is 0.414. The first kappa shape index (κ1) is 22.1. The van der Waals surface area contributed by atoms with Crippen molar-refractivity contribution in [1.82, 2.24) is 14.5 Å². The van der Waals surface area contributed by atoms with Crippen molar-refractivity contribution in [3.63, 3.8) is 0 Å². The lowest BCUT2D eigenvalue weighted by atomic mass is 9.92. The molecule has 3 rings (SSSR count).